The van der Waals surface area contributed by atoms with Crippen LogP contribution in [-0.2, 0) is 13.0 Å². The normalized spacial score (nSPS) is 11.2. The number of aromatic nitrogens is 4. The first-order valence-electron chi connectivity index (χ1n) is 11.0. The number of rotatable bonds is 13. The molecule has 0 saturated carbocycles. The van der Waals surface area contributed by atoms with E-state index in [1.165, 1.54) is 50.5 Å². The minimum atomic E-state index is 0.437. The summed E-state index contributed by atoms with van der Waals surface area (Å²) < 4.78 is 2.10. The van der Waals surface area contributed by atoms with Gasteiger partial charge >= 0.3 is 0 Å². The Hall–Kier alpha value is -2.63. The zero-order valence-electron chi connectivity index (χ0n) is 17.6. The molecule has 0 radical (unpaired) electrons. The van der Waals surface area contributed by atoms with Gasteiger partial charge in [0.2, 0.25) is 5.95 Å². The average Bonchev–Trinajstić information content (AvgIpc) is 3.14. The zero-order chi connectivity index (χ0) is 20.3. The highest BCUT2D eigenvalue weighted by Crippen LogP contribution is 2.19. The summed E-state index contributed by atoms with van der Waals surface area (Å²) in [7, 11) is 0. The molecule has 29 heavy (non-hydrogen) atoms. The first-order chi connectivity index (χ1) is 14.3. The molecule has 0 spiro atoms. The molecule has 0 amide bonds. The Bertz CT molecular complexity index is 858. The molecule has 156 valence electrons. The maximum atomic E-state index is 6.12. The molecule has 3 aromatic rings. The molecular formula is C23H34N6. The fraction of sp³-hybridized carbons (Fsp3) is 0.522. The summed E-state index contributed by atoms with van der Waals surface area (Å²) in [5.74, 6) is 1.01. The number of anilines is 2. The van der Waals surface area contributed by atoms with Crippen molar-refractivity contribution in [2.75, 3.05) is 17.6 Å². The third kappa shape index (κ3) is 6.44. The molecule has 0 aliphatic heterocycles. The predicted molar refractivity (Wildman–Crippen MR) is 121 cm³/mol. The second kappa shape index (κ2) is 11.4. The molecular weight excluding hydrogens is 360 g/mol. The van der Waals surface area contributed by atoms with Crippen molar-refractivity contribution in [1.29, 1.82) is 0 Å². The van der Waals surface area contributed by atoms with E-state index in [1.54, 1.807) is 0 Å². The average molecular weight is 395 g/mol. The topological polar surface area (TPSA) is 81.7 Å². The van der Waals surface area contributed by atoms with Crippen LogP contribution >= 0.6 is 0 Å². The number of hydrogen-bond acceptors (Lipinski definition) is 5. The van der Waals surface area contributed by atoms with Crippen molar-refractivity contribution in [2.45, 2.75) is 71.3 Å². The SMILES string of the molecule is CCCCCCCCCCn1cnc2c(N)nc(NCCc3ccccc3)nc21. The molecule has 6 heteroatoms. The van der Waals surface area contributed by atoms with Gasteiger partial charge in [0, 0.05) is 13.1 Å². The number of hydrogen-bond donors (Lipinski definition) is 2. The highest BCUT2D eigenvalue weighted by atomic mass is 15.2. The number of fused-ring (bicyclic) bond motifs is 1. The van der Waals surface area contributed by atoms with Gasteiger partial charge in [-0.3, -0.25) is 0 Å². The molecule has 0 aliphatic carbocycles. The molecule has 0 atom stereocenters. The van der Waals surface area contributed by atoms with E-state index < -0.39 is 0 Å². The molecule has 0 saturated heterocycles. The second-order valence-corrected chi connectivity index (χ2v) is 7.68. The van der Waals surface area contributed by atoms with E-state index in [-0.39, 0.29) is 0 Å². The summed E-state index contributed by atoms with van der Waals surface area (Å²) in [6.45, 7) is 3.95. The summed E-state index contributed by atoms with van der Waals surface area (Å²) in [6, 6.07) is 10.4. The van der Waals surface area contributed by atoms with Crippen molar-refractivity contribution in [3.05, 3.63) is 42.2 Å². The van der Waals surface area contributed by atoms with Gasteiger partial charge in [-0.1, -0.05) is 82.2 Å². The lowest BCUT2D eigenvalue weighted by molar-refractivity contribution is 0.547. The van der Waals surface area contributed by atoms with Gasteiger partial charge in [0.05, 0.1) is 6.33 Å². The van der Waals surface area contributed by atoms with Crippen LogP contribution in [0, 0.1) is 0 Å². The minimum absolute atomic E-state index is 0.437. The molecule has 1 aromatic carbocycles. The van der Waals surface area contributed by atoms with E-state index in [1.807, 2.05) is 12.4 Å². The largest absolute Gasteiger partial charge is 0.382 e. The summed E-state index contributed by atoms with van der Waals surface area (Å²) in [4.78, 5) is 13.5. The standard InChI is InChI=1S/C23H34N6/c1-2-3-4-5-6-7-8-12-17-29-18-26-20-21(24)27-23(28-22(20)29)25-16-15-19-13-10-9-11-14-19/h9-11,13-14,18H,2-8,12,15-17H2,1H3,(H3,24,25,27,28). The molecule has 2 heterocycles. The highest BCUT2D eigenvalue weighted by Gasteiger charge is 2.11. The Balaban J connectivity index is 1.50. The van der Waals surface area contributed by atoms with Crippen LogP contribution in [0.3, 0.4) is 0 Å². The third-order valence-electron chi connectivity index (χ3n) is 5.28. The fourth-order valence-electron chi connectivity index (χ4n) is 3.59. The number of aryl methyl sites for hydroxylation is 1. The first-order valence-corrected chi connectivity index (χ1v) is 11.0. The number of unbranched alkanes of at least 4 members (excludes halogenated alkanes) is 7. The van der Waals surface area contributed by atoms with E-state index >= 15 is 0 Å². The maximum absolute atomic E-state index is 6.12. The van der Waals surface area contributed by atoms with Crippen molar-refractivity contribution in [3.8, 4) is 0 Å². The lowest BCUT2D eigenvalue weighted by Crippen LogP contribution is -2.10. The van der Waals surface area contributed by atoms with E-state index in [0.717, 1.165) is 31.6 Å². The number of benzene rings is 1. The number of nitrogens with two attached hydrogens (primary N) is 1. The quantitative estimate of drug-likeness (QED) is 0.389. The van der Waals surface area contributed by atoms with Gasteiger partial charge in [-0.05, 0) is 18.4 Å². The van der Waals surface area contributed by atoms with Gasteiger partial charge in [0.15, 0.2) is 11.5 Å². The van der Waals surface area contributed by atoms with Gasteiger partial charge in [-0.2, -0.15) is 9.97 Å². The van der Waals surface area contributed by atoms with Gasteiger partial charge in [0.1, 0.15) is 5.52 Å². The van der Waals surface area contributed by atoms with Crippen LogP contribution in [-0.4, -0.2) is 26.1 Å². The van der Waals surface area contributed by atoms with Crippen molar-refractivity contribution in [1.82, 2.24) is 19.5 Å². The van der Waals surface area contributed by atoms with Gasteiger partial charge in [0.25, 0.3) is 0 Å². The predicted octanol–water partition coefficient (Wildman–Crippen LogP) is 5.20. The van der Waals surface area contributed by atoms with Crippen LogP contribution in [0.25, 0.3) is 11.2 Å². The molecule has 0 fully saturated rings. The van der Waals surface area contributed by atoms with E-state index in [9.17, 15) is 0 Å². The van der Waals surface area contributed by atoms with Crippen molar-refractivity contribution >= 4 is 22.9 Å². The summed E-state index contributed by atoms with van der Waals surface area (Å²) in [5.41, 5.74) is 8.92. The molecule has 6 nitrogen and oxygen atoms in total. The smallest absolute Gasteiger partial charge is 0.226 e. The van der Waals surface area contributed by atoms with Crippen molar-refractivity contribution in [3.63, 3.8) is 0 Å². The highest BCUT2D eigenvalue weighted by molar-refractivity contribution is 5.82. The van der Waals surface area contributed by atoms with Crippen LogP contribution in [0.2, 0.25) is 0 Å². The zero-order valence-corrected chi connectivity index (χ0v) is 17.6. The number of imidazole rings is 1. The fourth-order valence-corrected chi connectivity index (χ4v) is 3.59. The van der Waals surface area contributed by atoms with E-state index in [2.05, 4.69) is 56.0 Å². The van der Waals surface area contributed by atoms with Crippen LogP contribution in [0.4, 0.5) is 11.8 Å². The van der Waals surface area contributed by atoms with Gasteiger partial charge in [-0.15, -0.1) is 0 Å². The van der Waals surface area contributed by atoms with Crippen molar-refractivity contribution < 1.29 is 0 Å². The van der Waals surface area contributed by atoms with Crippen molar-refractivity contribution in [2.24, 2.45) is 0 Å². The van der Waals surface area contributed by atoms with Crippen LogP contribution in [0.15, 0.2) is 36.7 Å². The lowest BCUT2D eigenvalue weighted by atomic mass is 10.1. The maximum Gasteiger partial charge on any atom is 0.226 e. The van der Waals surface area contributed by atoms with Crippen LogP contribution in [0.5, 0.6) is 0 Å². The molecule has 2 aromatic heterocycles. The lowest BCUT2D eigenvalue weighted by Gasteiger charge is -2.08. The summed E-state index contributed by atoms with van der Waals surface area (Å²) in [5, 5.41) is 3.30. The van der Waals surface area contributed by atoms with Crippen LogP contribution in [0.1, 0.15) is 63.9 Å². The van der Waals surface area contributed by atoms with Gasteiger partial charge in [-0.25, -0.2) is 4.98 Å². The van der Waals surface area contributed by atoms with E-state index in [0.29, 0.717) is 17.3 Å². The molecule has 0 aliphatic rings. The summed E-state index contributed by atoms with van der Waals surface area (Å²) >= 11 is 0. The molecule has 3 N–H and O–H groups in total. The Labute approximate surface area is 174 Å². The monoisotopic (exact) mass is 394 g/mol. The minimum Gasteiger partial charge on any atom is -0.382 e. The Morgan fingerprint density at radius 1 is 0.931 bits per heavy atom. The number of nitrogens with one attached hydrogen (secondary N) is 1. The number of nitrogen functional groups attached to an aromatic ring is 1. The third-order valence-corrected chi connectivity index (χ3v) is 5.28. The molecule has 0 bridgehead atoms. The Kier molecular flexibility index (Phi) is 8.28. The Morgan fingerprint density at radius 2 is 1.66 bits per heavy atom. The summed E-state index contributed by atoms with van der Waals surface area (Å²) in [6.07, 6.45) is 13.2. The second-order valence-electron chi connectivity index (χ2n) is 7.68. The van der Waals surface area contributed by atoms with Crippen LogP contribution < -0.4 is 11.1 Å². The Morgan fingerprint density at radius 3 is 2.41 bits per heavy atom. The number of nitrogens with zero attached hydrogens (tertiary/aromatic N) is 4. The van der Waals surface area contributed by atoms with Gasteiger partial charge < -0.3 is 15.6 Å². The molecule has 3 rings (SSSR count). The first kappa shape index (κ1) is 21.1. The molecule has 0 unspecified atom stereocenters. The van der Waals surface area contributed by atoms with E-state index in [4.69, 9.17) is 5.73 Å².